The molecule has 0 aliphatic carbocycles. The highest BCUT2D eigenvalue weighted by atomic mass is 28.4. The van der Waals surface area contributed by atoms with Crippen molar-refractivity contribution in [2.75, 3.05) is 6.54 Å². The lowest BCUT2D eigenvalue weighted by Crippen LogP contribution is -2.45. The van der Waals surface area contributed by atoms with E-state index in [9.17, 15) is 4.79 Å². The molecule has 0 radical (unpaired) electrons. The van der Waals surface area contributed by atoms with Crippen LogP contribution in [0.1, 0.15) is 57.8 Å². The Hall–Kier alpha value is -1.64. The fourth-order valence-corrected chi connectivity index (χ4v) is 3.14. The second-order valence-corrected chi connectivity index (χ2v) is 12.4. The van der Waals surface area contributed by atoms with Crippen LogP contribution in [0, 0.1) is 11.3 Å². The Labute approximate surface area is 147 Å². The summed E-state index contributed by atoms with van der Waals surface area (Å²) in [5.41, 5.74) is 1.38. The molecule has 0 aromatic heterocycles. The summed E-state index contributed by atoms with van der Waals surface area (Å²) in [6, 6.07) is 9.20. The van der Waals surface area contributed by atoms with Gasteiger partial charge in [-0.15, -0.1) is 0 Å². The van der Waals surface area contributed by atoms with E-state index in [0.717, 1.165) is 18.4 Å². The molecule has 0 aliphatic rings. The van der Waals surface area contributed by atoms with Crippen LogP contribution in [0.15, 0.2) is 24.3 Å². The van der Waals surface area contributed by atoms with Crippen molar-refractivity contribution in [2.45, 2.75) is 64.8 Å². The van der Waals surface area contributed by atoms with E-state index in [-0.39, 0.29) is 10.9 Å². The first kappa shape index (κ1) is 20.4. The molecule has 0 aliphatic heterocycles. The molecular formula is C19H30N2O2Si. The second kappa shape index (κ2) is 8.45. The number of rotatable bonds is 7. The SMILES string of the molecule is CCCCNC(=O)C(O[Si](C)(C)C(C)(C)C)c1ccc(C#N)cc1. The number of hydrogen-bond donors (Lipinski definition) is 1. The van der Waals surface area contributed by atoms with Crippen LogP contribution in [0.25, 0.3) is 0 Å². The minimum atomic E-state index is -2.11. The number of carbonyl (C=O) groups is 1. The van der Waals surface area contributed by atoms with Crippen LogP contribution in [0.2, 0.25) is 18.1 Å². The number of hydrogen-bond acceptors (Lipinski definition) is 3. The standard InChI is InChI=1S/C19H30N2O2Si/c1-7-8-13-21-18(22)17(23-24(5,6)19(2,3)4)16-11-9-15(14-20)10-12-16/h9-12,17H,7-8,13H2,1-6H3,(H,21,22). The number of nitrogens with zero attached hydrogens (tertiary/aromatic N) is 1. The fraction of sp³-hybridized carbons (Fsp3) is 0.579. The maximum absolute atomic E-state index is 12.7. The van der Waals surface area contributed by atoms with Crippen molar-refractivity contribution < 1.29 is 9.22 Å². The molecule has 1 N–H and O–H groups in total. The third kappa shape index (κ3) is 5.47. The van der Waals surface area contributed by atoms with E-state index < -0.39 is 14.4 Å². The minimum absolute atomic E-state index is 0.0154. The summed E-state index contributed by atoms with van der Waals surface area (Å²) in [6.07, 6.45) is 1.35. The Kier molecular flexibility index (Phi) is 7.19. The number of nitrogens with one attached hydrogen (secondary N) is 1. The van der Waals surface area contributed by atoms with E-state index in [1.807, 2.05) is 12.1 Å². The minimum Gasteiger partial charge on any atom is -0.402 e. The van der Waals surface area contributed by atoms with Gasteiger partial charge >= 0.3 is 0 Å². The third-order valence-electron chi connectivity index (χ3n) is 4.63. The molecule has 1 atom stereocenters. The molecule has 0 heterocycles. The average molecular weight is 347 g/mol. The van der Waals surface area contributed by atoms with Gasteiger partial charge in [-0.3, -0.25) is 4.79 Å². The van der Waals surface area contributed by atoms with Crippen molar-refractivity contribution in [3.63, 3.8) is 0 Å². The summed E-state index contributed by atoms with van der Waals surface area (Å²) in [6.45, 7) is 13.5. The molecule has 0 fully saturated rings. The molecular weight excluding hydrogens is 316 g/mol. The predicted octanol–water partition coefficient (Wildman–Crippen LogP) is 4.54. The van der Waals surface area contributed by atoms with E-state index in [1.54, 1.807) is 12.1 Å². The smallest absolute Gasteiger partial charge is 0.252 e. The van der Waals surface area contributed by atoms with Crippen molar-refractivity contribution >= 4 is 14.2 Å². The molecule has 4 nitrogen and oxygen atoms in total. The summed E-state index contributed by atoms with van der Waals surface area (Å²) >= 11 is 0. The van der Waals surface area contributed by atoms with Gasteiger partial charge in [-0.05, 0) is 42.2 Å². The molecule has 0 spiro atoms. The zero-order chi connectivity index (χ0) is 18.4. The molecule has 1 rings (SSSR count). The maximum atomic E-state index is 12.7. The first-order chi connectivity index (χ1) is 11.1. The molecule has 24 heavy (non-hydrogen) atoms. The molecule has 0 saturated carbocycles. The number of carbonyl (C=O) groups excluding carboxylic acids is 1. The first-order valence-electron chi connectivity index (χ1n) is 8.58. The van der Waals surface area contributed by atoms with Crippen LogP contribution in [-0.4, -0.2) is 20.8 Å². The van der Waals surface area contributed by atoms with Crippen LogP contribution < -0.4 is 5.32 Å². The first-order valence-corrected chi connectivity index (χ1v) is 11.5. The number of nitriles is 1. The Bertz CT molecular complexity index is 583. The normalized spacial score (nSPS) is 13.2. The van der Waals surface area contributed by atoms with Gasteiger partial charge in [0.1, 0.15) is 6.10 Å². The van der Waals surface area contributed by atoms with Gasteiger partial charge in [0.05, 0.1) is 11.6 Å². The summed E-state index contributed by atoms with van der Waals surface area (Å²) in [7, 11) is -2.11. The van der Waals surface area contributed by atoms with Gasteiger partial charge in [0.2, 0.25) is 0 Å². The number of amides is 1. The quantitative estimate of drug-likeness (QED) is 0.582. The molecule has 1 amide bonds. The lowest BCUT2D eigenvalue weighted by atomic mass is 10.1. The topological polar surface area (TPSA) is 62.1 Å². The van der Waals surface area contributed by atoms with Crippen molar-refractivity contribution in [3.05, 3.63) is 35.4 Å². The summed E-state index contributed by atoms with van der Waals surface area (Å²) < 4.78 is 6.40. The number of unbranched alkanes of at least 4 members (excludes halogenated alkanes) is 1. The third-order valence-corrected chi connectivity index (χ3v) is 9.07. The highest BCUT2D eigenvalue weighted by Crippen LogP contribution is 2.39. The monoisotopic (exact) mass is 346 g/mol. The molecule has 5 heteroatoms. The van der Waals surface area contributed by atoms with E-state index in [2.05, 4.69) is 52.2 Å². The predicted molar refractivity (Wildman–Crippen MR) is 100 cm³/mol. The van der Waals surface area contributed by atoms with Crippen LogP contribution in [0.5, 0.6) is 0 Å². The van der Waals surface area contributed by atoms with Crippen molar-refractivity contribution in [1.29, 1.82) is 5.26 Å². The lowest BCUT2D eigenvalue weighted by molar-refractivity contribution is -0.128. The van der Waals surface area contributed by atoms with E-state index in [4.69, 9.17) is 9.69 Å². The van der Waals surface area contributed by atoms with Crippen molar-refractivity contribution in [3.8, 4) is 6.07 Å². The van der Waals surface area contributed by atoms with Gasteiger partial charge in [0.15, 0.2) is 8.32 Å². The molecule has 0 saturated heterocycles. The summed E-state index contributed by atoms with van der Waals surface area (Å²) in [5, 5.41) is 12.0. The van der Waals surface area contributed by atoms with Crippen molar-refractivity contribution in [1.82, 2.24) is 5.32 Å². The van der Waals surface area contributed by atoms with Gasteiger partial charge in [0, 0.05) is 6.54 Å². The highest BCUT2D eigenvalue weighted by Gasteiger charge is 2.41. The maximum Gasteiger partial charge on any atom is 0.252 e. The Morgan fingerprint density at radius 2 is 1.88 bits per heavy atom. The van der Waals surface area contributed by atoms with Crippen LogP contribution in [0.3, 0.4) is 0 Å². The number of benzene rings is 1. The van der Waals surface area contributed by atoms with Gasteiger partial charge < -0.3 is 9.74 Å². The molecule has 0 bridgehead atoms. The largest absolute Gasteiger partial charge is 0.402 e. The van der Waals surface area contributed by atoms with Crippen molar-refractivity contribution in [2.24, 2.45) is 0 Å². The Morgan fingerprint density at radius 3 is 2.33 bits per heavy atom. The van der Waals surface area contributed by atoms with E-state index >= 15 is 0 Å². The molecule has 1 unspecified atom stereocenters. The molecule has 132 valence electrons. The van der Waals surface area contributed by atoms with E-state index in [0.29, 0.717) is 12.1 Å². The van der Waals surface area contributed by atoms with Gasteiger partial charge in [-0.1, -0.05) is 46.2 Å². The van der Waals surface area contributed by atoms with Crippen LogP contribution in [0.4, 0.5) is 0 Å². The van der Waals surface area contributed by atoms with Crippen LogP contribution in [-0.2, 0) is 9.22 Å². The molecule has 1 aromatic rings. The average Bonchev–Trinajstić information content (AvgIpc) is 2.52. The second-order valence-electron chi connectivity index (χ2n) is 7.64. The zero-order valence-electron chi connectivity index (χ0n) is 15.8. The summed E-state index contributed by atoms with van der Waals surface area (Å²) in [4.78, 5) is 12.7. The van der Waals surface area contributed by atoms with E-state index in [1.165, 1.54) is 0 Å². The molecule has 1 aromatic carbocycles. The zero-order valence-corrected chi connectivity index (χ0v) is 16.8. The summed E-state index contributed by atoms with van der Waals surface area (Å²) in [5.74, 6) is -0.0991. The fourth-order valence-electron chi connectivity index (χ4n) is 1.96. The van der Waals surface area contributed by atoms with Crippen LogP contribution >= 0.6 is 0 Å². The van der Waals surface area contributed by atoms with Gasteiger partial charge in [0.25, 0.3) is 5.91 Å². The lowest BCUT2D eigenvalue weighted by Gasteiger charge is -2.39. The van der Waals surface area contributed by atoms with Gasteiger partial charge in [-0.2, -0.15) is 5.26 Å². The van der Waals surface area contributed by atoms with Gasteiger partial charge in [-0.25, -0.2) is 0 Å². The Balaban J connectivity index is 3.06. The highest BCUT2D eigenvalue weighted by molar-refractivity contribution is 6.74. The Morgan fingerprint density at radius 1 is 1.29 bits per heavy atom.